The highest BCUT2D eigenvalue weighted by Gasteiger charge is 2.32. The highest BCUT2D eigenvalue weighted by molar-refractivity contribution is 8.01. The smallest absolute Gasteiger partial charge is 0.166 e. The van der Waals surface area contributed by atoms with Gasteiger partial charge in [0.15, 0.2) is 9.84 Å². The van der Waals surface area contributed by atoms with E-state index in [0.717, 1.165) is 17.9 Å². The molecule has 0 saturated carbocycles. The normalized spacial score (nSPS) is 20.8. The number of aromatic nitrogens is 1. The molecule has 1 fully saturated rings. The first-order valence-corrected chi connectivity index (χ1v) is 9.38. The van der Waals surface area contributed by atoms with E-state index in [9.17, 15) is 8.42 Å². The van der Waals surface area contributed by atoms with Crippen LogP contribution in [0.1, 0.15) is 12.5 Å². The van der Waals surface area contributed by atoms with Gasteiger partial charge in [0.2, 0.25) is 0 Å². The molecule has 1 aliphatic rings. The van der Waals surface area contributed by atoms with Crippen LogP contribution in [0.5, 0.6) is 0 Å². The van der Waals surface area contributed by atoms with Gasteiger partial charge in [-0.05, 0) is 11.6 Å². The van der Waals surface area contributed by atoms with E-state index >= 15 is 0 Å². The molecule has 1 unspecified atom stereocenters. The third-order valence-electron chi connectivity index (χ3n) is 3.37. The first kappa shape index (κ1) is 15.6. The minimum absolute atomic E-state index is 0.184. The topological polar surface area (TPSA) is 88.3 Å². The van der Waals surface area contributed by atoms with Crippen molar-refractivity contribution >= 4 is 27.4 Å². The van der Waals surface area contributed by atoms with Gasteiger partial charge in [0, 0.05) is 36.5 Å². The van der Waals surface area contributed by atoms with E-state index in [4.69, 9.17) is 5.84 Å². The number of pyridine rings is 1. The number of anilines is 1. The van der Waals surface area contributed by atoms with Gasteiger partial charge in [-0.15, -0.1) is 0 Å². The predicted molar refractivity (Wildman–Crippen MR) is 83.0 cm³/mol. The SMILES string of the molecule is CCS(=O)(=O)C1CSCCN1Cc1ccc(NN)nc1. The van der Waals surface area contributed by atoms with E-state index in [1.807, 2.05) is 11.0 Å². The fourth-order valence-electron chi connectivity index (χ4n) is 2.16. The molecule has 0 aromatic carbocycles. The van der Waals surface area contributed by atoms with Gasteiger partial charge in [-0.1, -0.05) is 13.0 Å². The third kappa shape index (κ3) is 3.63. The number of nitrogens with zero attached hydrogens (tertiary/aromatic N) is 2. The molecule has 0 radical (unpaired) electrons. The summed E-state index contributed by atoms with van der Waals surface area (Å²) in [6, 6.07) is 3.71. The molecule has 8 heteroatoms. The Kier molecular flexibility index (Phi) is 5.25. The van der Waals surface area contributed by atoms with Crippen LogP contribution in [0, 0.1) is 0 Å². The van der Waals surface area contributed by atoms with Crippen molar-refractivity contribution in [3.8, 4) is 0 Å². The molecule has 20 heavy (non-hydrogen) atoms. The van der Waals surface area contributed by atoms with Crippen LogP contribution in [0.3, 0.4) is 0 Å². The summed E-state index contributed by atoms with van der Waals surface area (Å²) in [7, 11) is -3.05. The van der Waals surface area contributed by atoms with Gasteiger partial charge in [-0.3, -0.25) is 4.90 Å². The maximum atomic E-state index is 12.2. The predicted octanol–water partition coefficient (Wildman–Crippen LogP) is 0.677. The number of hydrazine groups is 1. The van der Waals surface area contributed by atoms with Crippen molar-refractivity contribution < 1.29 is 8.42 Å². The molecule has 6 nitrogen and oxygen atoms in total. The summed E-state index contributed by atoms with van der Waals surface area (Å²) in [5.41, 5.74) is 3.47. The van der Waals surface area contributed by atoms with Gasteiger partial charge < -0.3 is 5.43 Å². The molecule has 1 aliphatic heterocycles. The minimum Gasteiger partial charge on any atom is -0.308 e. The molecule has 0 spiro atoms. The van der Waals surface area contributed by atoms with Crippen molar-refractivity contribution in [1.82, 2.24) is 9.88 Å². The average molecular weight is 316 g/mol. The second kappa shape index (κ2) is 6.75. The zero-order valence-corrected chi connectivity index (χ0v) is 13.1. The standard InChI is InChI=1S/C12H20N4O2S2/c1-2-20(17,18)12-9-19-6-5-16(12)8-10-3-4-11(15-13)14-7-10/h3-4,7,12H,2,5-6,8-9,13H2,1H3,(H,14,15). The average Bonchev–Trinajstić information content (AvgIpc) is 2.48. The summed E-state index contributed by atoms with van der Waals surface area (Å²) < 4.78 is 24.3. The van der Waals surface area contributed by atoms with Crippen LogP contribution >= 0.6 is 11.8 Å². The molecule has 0 bridgehead atoms. The zero-order valence-electron chi connectivity index (χ0n) is 11.4. The number of thioether (sulfide) groups is 1. The van der Waals surface area contributed by atoms with Gasteiger partial charge in [-0.2, -0.15) is 11.8 Å². The van der Waals surface area contributed by atoms with Crippen molar-refractivity contribution in [3.05, 3.63) is 23.9 Å². The largest absolute Gasteiger partial charge is 0.308 e. The Balaban J connectivity index is 2.12. The molecular weight excluding hydrogens is 296 g/mol. The Labute approximate surface area is 124 Å². The molecule has 0 aliphatic carbocycles. The lowest BCUT2D eigenvalue weighted by molar-refractivity contribution is 0.261. The van der Waals surface area contributed by atoms with Crippen LogP contribution < -0.4 is 11.3 Å². The van der Waals surface area contributed by atoms with Crippen LogP contribution in [-0.4, -0.2) is 47.5 Å². The molecule has 2 heterocycles. The second-order valence-electron chi connectivity index (χ2n) is 4.65. The Morgan fingerprint density at radius 3 is 2.95 bits per heavy atom. The van der Waals surface area contributed by atoms with E-state index in [-0.39, 0.29) is 5.75 Å². The summed E-state index contributed by atoms with van der Waals surface area (Å²) in [6.07, 6.45) is 1.73. The number of hydrogen-bond donors (Lipinski definition) is 2. The summed E-state index contributed by atoms with van der Waals surface area (Å²) in [5, 5.41) is -0.390. The molecule has 112 valence electrons. The Morgan fingerprint density at radius 1 is 1.55 bits per heavy atom. The number of nitrogen functional groups attached to an aromatic ring is 1. The maximum absolute atomic E-state index is 12.2. The maximum Gasteiger partial charge on any atom is 0.166 e. The zero-order chi connectivity index (χ0) is 14.6. The van der Waals surface area contributed by atoms with E-state index in [1.165, 1.54) is 0 Å². The number of sulfone groups is 1. The minimum atomic E-state index is -3.05. The molecule has 1 saturated heterocycles. The van der Waals surface area contributed by atoms with E-state index < -0.39 is 15.2 Å². The van der Waals surface area contributed by atoms with Gasteiger partial charge in [-0.25, -0.2) is 19.2 Å². The lowest BCUT2D eigenvalue weighted by Gasteiger charge is -2.34. The van der Waals surface area contributed by atoms with E-state index in [0.29, 0.717) is 18.1 Å². The van der Waals surface area contributed by atoms with Crippen LogP contribution in [0.25, 0.3) is 0 Å². The van der Waals surface area contributed by atoms with Crippen molar-refractivity contribution in [2.45, 2.75) is 18.8 Å². The quantitative estimate of drug-likeness (QED) is 0.610. The van der Waals surface area contributed by atoms with Gasteiger partial charge in [0.05, 0.1) is 0 Å². The van der Waals surface area contributed by atoms with Gasteiger partial charge in [0.1, 0.15) is 11.2 Å². The third-order valence-corrected chi connectivity index (χ3v) is 6.70. The fraction of sp³-hybridized carbons (Fsp3) is 0.583. The highest BCUT2D eigenvalue weighted by atomic mass is 32.2. The Hall–Kier alpha value is -0.830. The summed E-state index contributed by atoms with van der Waals surface area (Å²) >= 11 is 1.70. The first-order valence-electron chi connectivity index (χ1n) is 6.51. The number of nitrogens with two attached hydrogens (primary N) is 1. The van der Waals surface area contributed by atoms with Crippen molar-refractivity contribution in [3.63, 3.8) is 0 Å². The number of rotatable bonds is 5. The monoisotopic (exact) mass is 316 g/mol. The Bertz CT molecular complexity index is 533. The lowest BCUT2D eigenvalue weighted by Crippen LogP contribution is -2.47. The second-order valence-corrected chi connectivity index (χ2v) is 8.24. The highest BCUT2D eigenvalue weighted by Crippen LogP contribution is 2.23. The summed E-state index contributed by atoms with van der Waals surface area (Å²) in [4.78, 5) is 6.18. The fourth-order valence-corrected chi connectivity index (χ4v) is 5.24. The van der Waals surface area contributed by atoms with Crippen molar-refractivity contribution in [2.24, 2.45) is 5.84 Å². The van der Waals surface area contributed by atoms with Crippen LogP contribution in [0.4, 0.5) is 5.82 Å². The van der Waals surface area contributed by atoms with Crippen LogP contribution in [-0.2, 0) is 16.4 Å². The van der Waals surface area contributed by atoms with Crippen LogP contribution in [0.15, 0.2) is 18.3 Å². The molecular formula is C12H20N4O2S2. The van der Waals surface area contributed by atoms with Gasteiger partial charge in [0.25, 0.3) is 0 Å². The van der Waals surface area contributed by atoms with E-state index in [1.54, 1.807) is 30.9 Å². The van der Waals surface area contributed by atoms with Crippen molar-refractivity contribution in [1.29, 1.82) is 0 Å². The lowest BCUT2D eigenvalue weighted by atomic mass is 10.2. The number of nitrogens with one attached hydrogen (secondary N) is 1. The first-order chi connectivity index (χ1) is 9.56. The van der Waals surface area contributed by atoms with Crippen molar-refractivity contribution in [2.75, 3.05) is 29.2 Å². The molecule has 1 aromatic rings. The Morgan fingerprint density at radius 2 is 2.35 bits per heavy atom. The number of hydrogen-bond acceptors (Lipinski definition) is 7. The molecule has 3 N–H and O–H groups in total. The van der Waals surface area contributed by atoms with Gasteiger partial charge >= 0.3 is 0 Å². The van der Waals surface area contributed by atoms with E-state index in [2.05, 4.69) is 10.4 Å². The molecule has 2 rings (SSSR count). The summed E-state index contributed by atoms with van der Waals surface area (Å²) in [6.45, 7) is 3.09. The summed E-state index contributed by atoms with van der Waals surface area (Å²) in [5.74, 6) is 7.67. The molecule has 1 atom stereocenters. The molecule has 0 amide bonds. The van der Waals surface area contributed by atoms with Crippen LogP contribution in [0.2, 0.25) is 0 Å². The molecule has 1 aromatic heterocycles.